The predicted octanol–water partition coefficient (Wildman–Crippen LogP) is 3.91. The third-order valence-electron chi connectivity index (χ3n) is 2.37. The Labute approximate surface area is 118 Å². The molecule has 2 rings (SSSR count). The molecule has 1 heterocycles. The van der Waals surface area contributed by atoms with Gasteiger partial charge in [-0.1, -0.05) is 6.07 Å². The van der Waals surface area contributed by atoms with Crippen LogP contribution in [0.5, 0.6) is 0 Å². The molecule has 0 amide bonds. The lowest BCUT2D eigenvalue weighted by Gasteiger charge is -2.12. The van der Waals surface area contributed by atoms with Gasteiger partial charge in [0.25, 0.3) is 0 Å². The second-order valence-corrected chi connectivity index (χ2v) is 4.31. The summed E-state index contributed by atoms with van der Waals surface area (Å²) >= 11 is 5.02. The summed E-state index contributed by atoms with van der Waals surface area (Å²) in [5.74, 6) is 0. The summed E-state index contributed by atoms with van der Waals surface area (Å²) < 4.78 is 37.7. The molecule has 0 radical (unpaired) electrons. The molecule has 104 valence electrons. The zero-order valence-corrected chi connectivity index (χ0v) is 10.9. The predicted molar refractivity (Wildman–Crippen MR) is 75.5 cm³/mol. The Morgan fingerprint density at radius 2 is 1.75 bits per heavy atom. The summed E-state index contributed by atoms with van der Waals surface area (Å²) in [5.41, 5.74) is 0.185. The average Bonchev–Trinajstić information content (AvgIpc) is 2.39. The molecule has 0 saturated carbocycles. The van der Waals surface area contributed by atoms with Crippen LogP contribution in [-0.4, -0.2) is 10.1 Å². The van der Waals surface area contributed by atoms with Gasteiger partial charge in [0.05, 0.1) is 17.4 Å². The third-order valence-corrected chi connectivity index (χ3v) is 2.57. The molecule has 0 fully saturated rings. The van der Waals surface area contributed by atoms with Gasteiger partial charge in [-0.2, -0.15) is 13.2 Å². The van der Waals surface area contributed by atoms with Crippen LogP contribution in [0, 0.1) is 0 Å². The van der Waals surface area contributed by atoms with Crippen molar-refractivity contribution in [2.45, 2.75) is 6.18 Å². The van der Waals surface area contributed by atoms with E-state index in [9.17, 15) is 13.2 Å². The topological polar surface area (TPSA) is 37.0 Å². The van der Waals surface area contributed by atoms with Crippen LogP contribution in [0.3, 0.4) is 0 Å². The molecule has 2 aromatic rings. The normalized spacial score (nSPS) is 10.9. The quantitative estimate of drug-likeness (QED) is 0.824. The van der Waals surface area contributed by atoms with Gasteiger partial charge in [0, 0.05) is 11.9 Å². The van der Waals surface area contributed by atoms with E-state index < -0.39 is 11.7 Å². The van der Waals surface area contributed by atoms with Crippen molar-refractivity contribution in [1.29, 1.82) is 0 Å². The SMILES string of the molecule is FC(F)(F)c1cccc(NC(=S)Nc2cccnc2)c1. The summed E-state index contributed by atoms with van der Waals surface area (Å²) in [6.45, 7) is 0. The number of halogens is 3. The van der Waals surface area contributed by atoms with Crippen molar-refractivity contribution in [3.8, 4) is 0 Å². The molecular formula is C13H10F3N3S. The Kier molecular flexibility index (Phi) is 4.19. The number of anilines is 2. The number of hydrogen-bond donors (Lipinski definition) is 2. The zero-order valence-electron chi connectivity index (χ0n) is 10.1. The third kappa shape index (κ3) is 3.92. The maximum Gasteiger partial charge on any atom is 0.416 e. The van der Waals surface area contributed by atoms with E-state index in [1.807, 2.05) is 0 Å². The summed E-state index contributed by atoms with van der Waals surface area (Å²) in [6, 6.07) is 8.28. The molecule has 7 heteroatoms. The van der Waals surface area contributed by atoms with E-state index in [1.165, 1.54) is 12.1 Å². The lowest BCUT2D eigenvalue weighted by atomic mass is 10.2. The molecule has 0 saturated heterocycles. The lowest BCUT2D eigenvalue weighted by Crippen LogP contribution is -2.19. The Bertz CT molecular complexity index is 599. The van der Waals surface area contributed by atoms with Crippen molar-refractivity contribution in [2.24, 2.45) is 0 Å². The number of thiocarbonyl (C=S) groups is 1. The minimum absolute atomic E-state index is 0.192. The Morgan fingerprint density at radius 3 is 2.40 bits per heavy atom. The van der Waals surface area contributed by atoms with Crippen LogP contribution in [0.15, 0.2) is 48.8 Å². The zero-order chi connectivity index (χ0) is 14.6. The summed E-state index contributed by atoms with van der Waals surface area (Å²) in [7, 11) is 0. The molecule has 1 aromatic heterocycles. The molecule has 3 nitrogen and oxygen atoms in total. The Morgan fingerprint density at radius 1 is 1.05 bits per heavy atom. The minimum atomic E-state index is -4.38. The largest absolute Gasteiger partial charge is 0.416 e. The van der Waals surface area contributed by atoms with Crippen LogP contribution >= 0.6 is 12.2 Å². The van der Waals surface area contributed by atoms with E-state index in [-0.39, 0.29) is 10.8 Å². The van der Waals surface area contributed by atoms with E-state index >= 15 is 0 Å². The first kappa shape index (κ1) is 14.3. The van der Waals surface area contributed by atoms with Gasteiger partial charge < -0.3 is 10.6 Å². The Hall–Kier alpha value is -2.15. The second-order valence-electron chi connectivity index (χ2n) is 3.90. The molecule has 0 aliphatic heterocycles. The maximum atomic E-state index is 12.6. The van der Waals surface area contributed by atoms with Gasteiger partial charge in [-0.15, -0.1) is 0 Å². The van der Waals surface area contributed by atoms with Gasteiger partial charge in [0.1, 0.15) is 0 Å². The van der Waals surface area contributed by atoms with Crippen LogP contribution in [-0.2, 0) is 6.18 Å². The monoisotopic (exact) mass is 297 g/mol. The smallest absolute Gasteiger partial charge is 0.332 e. The van der Waals surface area contributed by atoms with Crippen LogP contribution in [0.4, 0.5) is 24.5 Å². The lowest BCUT2D eigenvalue weighted by molar-refractivity contribution is -0.137. The molecule has 20 heavy (non-hydrogen) atoms. The van der Waals surface area contributed by atoms with Crippen LogP contribution in [0.2, 0.25) is 0 Å². The fraction of sp³-hybridized carbons (Fsp3) is 0.0769. The average molecular weight is 297 g/mol. The number of nitrogens with zero attached hydrogens (tertiary/aromatic N) is 1. The first-order valence-electron chi connectivity index (χ1n) is 5.60. The van der Waals surface area contributed by atoms with Crippen molar-refractivity contribution < 1.29 is 13.2 Å². The fourth-order valence-electron chi connectivity index (χ4n) is 1.50. The number of benzene rings is 1. The molecule has 0 unspecified atom stereocenters. The van der Waals surface area contributed by atoms with E-state index in [4.69, 9.17) is 12.2 Å². The van der Waals surface area contributed by atoms with Crippen molar-refractivity contribution in [2.75, 3.05) is 10.6 Å². The number of nitrogens with one attached hydrogen (secondary N) is 2. The molecule has 0 aliphatic rings. The van der Waals surface area contributed by atoms with Crippen molar-refractivity contribution in [3.05, 3.63) is 54.4 Å². The molecule has 0 spiro atoms. The number of hydrogen-bond acceptors (Lipinski definition) is 2. The van der Waals surface area contributed by atoms with Gasteiger partial charge in [-0.25, -0.2) is 0 Å². The number of rotatable bonds is 2. The van der Waals surface area contributed by atoms with Gasteiger partial charge in [-0.3, -0.25) is 4.98 Å². The van der Waals surface area contributed by atoms with Gasteiger partial charge >= 0.3 is 6.18 Å². The highest BCUT2D eigenvalue weighted by atomic mass is 32.1. The van der Waals surface area contributed by atoms with E-state index in [1.54, 1.807) is 24.5 Å². The molecule has 1 aromatic carbocycles. The summed E-state index contributed by atoms with van der Waals surface area (Å²) in [6.07, 6.45) is -1.22. The second kappa shape index (κ2) is 5.87. The van der Waals surface area contributed by atoms with E-state index in [0.29, 0.717) is 5.69 Å². The highest BCUT2D eigenvalue weighted by Gasteiger charge is 2.30. The number of aromatic nitrogens is 1. The number of alkyl halides is 3. The fourth-order valence-corrected chi connectivity index (χ4v) is 1.74. The first-order valence-corrected chi connectivity index (χ1v) is 6.01. The van der Waals surface area contributed by atoms with Crippen LogP contribution < -0.4 is 10.6 Å². The molecule has 0 aliphatic carbocycles. The highest BCUT2D eigenvalue weighted by Crippen LogP contribution is 2.30. The molecular weight excluding hydrogens is 287 g/mol. The number of pyridine rings is 1. The van der Waals surface area contributed by atoms with Gasteiger partial charge in [0.2, 0.25) is 0 Å². The summed E-state index contributed by atoms with van der Waals surface area (Å²) in [5, 5.41) is 5.71. The van der Waals surface area contributed by atoms with E-state index in [2.05, 4.69) is 15.6 Å². The van der Waals surface area contributed by atoms with Gasteiger partial charge in [0.15, 0.2) is 5.11 Å². The van der Waals surface area contributed by atoms with Gasteiger partial charge in [-0.05, 0) is 42.5 Å². The van der Waals surface area contributed by atoms with Crippen molar-refractivity contribution >= 4 is 28.7 Å². The maximum absolute atomic E-state index is 12.6. The first-order chi connectivity index (χ1) is 9.45. The molecule has 0 bridgehead atoms. The molecule has 0 atom stereocenters. The minimum Gasteiger partial charge on any atom is -0.332 e. The molecule has 2 N–H and O–H groups in total. The standard InChI is InChI=1S/C13H10F3N3S/c14-13(15,16)9-3-1-4-10(7-9)18-12(20)19-11-5-2-6-17-8-11/h1-8H,(H2,18,19,20). The highest BCUT2D eigenvalue weighted by molar-refractivity contribution is 7.80. The Balaban J connectivity index is 2.05. The summed E-state index contributed by atoms with van der Waals surface area (Å²) in [4.78, 5) is 3.89. The van der Waals surface area contributed by atoms with E-state index in [0.717, 1.165) is 12.1 Å². The van der Waals surface area contributed by atoms with Crippen molar-refractivity contribution in [1.82, 2.24) is 4.98 Å². The van der Waals surface area contributed by atoms with Crippen molar-refractivity contribution in [3.63, 3.8) is 0 Å². The van der Waals surface area contributed by atoms with Crippen LogP contribution in [0.1, 0.15) is 5.56 Å². The van der Waals surface area contributed by atoms with Crippen LogP contribution in [0.25, 0.3) is 0 Å².